The van der Waals surface area contributed by atoms with Crippen molar-refractivity contribution in [2.75, 3.05) is 0 Å². The second kappa shape index (κ2) is 6.05. The number of aromatic carboxylic acids is 1. The smallest absolute Gasteiger partial charge is 0.359 e. The third kappa shape index (κ3) is 3.14. The number of ether oxygens (including phenoxy) is 1. The SMILES string of the molecule is O=C(O)c1[nH]nnc1Oc1ccc(-c2ccc(F)c(Cl)c2)cc1. The molecule has 0 aliphatic carbocycles. The topological polar surface area (TPSA) is 88.1 Å². The molecule has 2 N–H and O–H groups in total. The number of carboxylic acid groups (broad SMARTS) is 1. The van der Waals surface area contributed by atoms with Gasteiger partial charge >= 0.3 is 5.97 Å². The van der Waals surface area contributed by atoms with Crippen molar-refractivity contribution in [1.82, 2.24) is 15.4 Å². The van der Waals surface area contributed by atoms with E-state index in [1.165, 1.54) is 12.1 Å². The van der Waals surface area contributed by atoms with Gasteiger partial charge in [0.25, 0.3) is 5.88 Å². The molecule has 8 heteroatoms. The van der Waals surface area contributed by atoms with Crippen molar-refractivity contribution in [3.05, 3.63) is 59.0 Å². The van der Waals surface area contributed by atoms with Crippen LogP contribution in [0.25, 0.3) is 11.1 Å². The van der Waals surface area contributed by atoms with Gasteiger partial charge in [-0.3, -0.25) is 0 Å². The number of hydrogen-bond donors (Lipinski definition) is 2. The fourth-order valence-corrected chi connectivity index (χ4v) is 2.11. The zero-order chi connectivity index (χ0) is 16.4. The zero-order valence-corrected chi connectivity index (χ0v) is 12.2. The van der Waals surface area contributed by atoms with Crippen molar-refractivity contribution in [1.29, 1.82) is 0 Å². The first kappa shape index (κ1) is 15.0. The van der Waals surface area contributed by atoms with Crippen LogP contribution in [0, 0.1) is 5.82 Å². The summed E-state index contributed by atoms with van der Waals surface area (Å²) in [7, 11) is 0. The van der Waals surface area contributed by atoms with E-state index in [0.29, 0.717) is 5.75 Å². The van der Waals surface area contributed by atoms with E-state index in [1.807, 2.05) is 0 Å². The maximum atomic E-state index is 13.2. The second-order valence-corrected chi connectivity index (χ2v) is 4.96. The van der Waals surface area contributed by atoms with Crippen molar-refractivity contribution in [2.24, 2.45) is 0 Å². The molecule has 1 heterocycles. The summed E-state index contributed by atoms with van der Waals surface area (Å²) in [5.41, 5.74) is 1.31. The molecule has 1 aromatic heterocycles. The number of nitrogens with zero attached hydrogens (tertiary/aromatic N) is 2. The van der Waals surface area contributed by atoms with Crippen LogP contribution < -0.4 is 4.74 Å². The number of benzene rings is 2. The molecule has 0 fully saturated rings. The number of carboxylic acids is 1. The van der Waals surface area contributed by atoms with Crippen molar-refractivity contribution < 1.29 is 19.0 Å². The number of rotatable bonds is 4. The number of hydrogen-bond acceptors (Lipinski definition) is 4. The summed E-state index contributed by atoms with van der Waals surface area (Å²) in [6.07, 6.45) is 0. The third-order valence-corrected chi connectivity index (χ3v) is 3.34. The lowest BCUT2D eigenvalue weighted by Crippen LogP contribution is -1.99. The van der Waals surface area contributed by atoms with Crippen molar-refractivity contribution in [2.45, 2.75) is 0 Å². The van der Waals surface area contributed by atoms with Crippen LogP contribution >= 0.6 is 11.6 Å². The first-order valence-electron chi connectivity index (χ1n) is 6.42. The predicted molar refractivity (Wildman–Crippen MR) is 80.3 cm³/mol. The minimum atomic E-state index is -1.22. The monoisotopic (exact) mass is 333 g/mol. The summed E-state index contributed by atoms with van der Waals surface area (Å²) < 4.78 is 18.6. The largest absolute Gasteiger partial charge is 0.476 e. The second-order valence-electron chi connectivity index (χ2n) is 4.55. The molecule has 0 unspecified atom stereocenters. The summed E-state index contributed by atoms with van der Waals surface area (Å²) in [6.45, 7) is 0. The van der Waals surface area contributed by atoms with Crippen LogP contribution in [-0.2, 0) is 0 Å². The first-order chi connectivity index (χ1) is 11.0. The van der Waals surface area contributed by atoms with Gasteiger partial charge in [0.2, 0.25) is 5.69 Å². The minimum absolute atomic E-state index is 0.0384. The minimum Gasteiger partial charge on any atom is -0.476 e. The normalized spacial score (nSPS) is 10.5. The van der Waals surface area contributed by atoms with E-state index in [1.54, 1.807) is 30.3 Å². The van der Waals surface area contributed by atoms with Crippen LogP contribution in [-0.4, -0.2) is 26.5 Å². The van der Waals surface area contributed by atoms with E-state index in [-0.39, 0.29) is 16.6 Å². The predicted octanol–water partition coefficient (Wildman–Crippen LogP) is 3.75. The molecule has 0 atom stereocenters. The van der Waals surface area contributed by atoms with E-state index >= 15 is 0 Å². The summed E-state index contributed by atoms with van der Waals surface area (Å²) in [5, 5.41) is 18.2. The molecule has 0 spiro atoms. The molecule has 0 saturated heterocycles. The number of H-pyrrole nitrogens is 1. The van der Waals surface area contributed by atoms with Gasteiger partial charge < -0.3 is 9.84 Å². The van der Waals surface area contributed by atoms with Gasteiger partial charge in [-0.05, 0) is 35.4 Å². The van der Waals surface area contributed by atoms with Gasteiger partial charge in [0.1, 0.15) is 11.6 Å². The molecule has 6 nitrogen and oxygen atoms in total. The molecular formula is C15H9ClFN3O3. The molecular weight excluding hydrogens is 325 g/mol. The van der Waals surface area contributed by atoms with Gasteiger partial charge in [0.05, 0.1) is 5.02 Å². The maximum Gasteiger partial charge on any atom is 0.359 e. The first-order valence-corrected chi connectivity index (χ1v) is 6.80. The van der Waals surface area contributed by atoms with Gasteiger partial charge in [-0.25, -0.2) is 14.3 Å². The van der Waals surface area contributed by atoms with Crippen LogP contribution in [0.5, 0.6) is 11.6 Å². The Balaban J connectivity index is 1.83. The van der Waals surface area contributed by atoms with E-state index in [9.17, 15) is 9.18 Å². The molecule has 0 radical (unpaired) electrons. The number of halogens is 2. The number of aromatic nitrogens is 3. The van der Waals surface area contributed by atoms with Gasteiger partial charge in [-0.15, -0.1) is 0 Å². The van der Waals surface area contributed by atoms with Crippen molar-refractivity contribution in [3.63, 3.8) is 0 Å². The highest BCUT2D eigenvalue weighted by atomic mass is 35.5. The number of nitrogens with one attached hydrogen (secondary N) is 1. The van der Waals surface area contributed by atoms with Gasteiger partial charge in [-0.1, -0.05) is 40.1 Å². The maximum absolute atomic E-state index is 13.2. The Bertz CT molecular complexity index is 865. The fraction of sp³-hybridized carbons (Fsp3) is 0. The lowest BCUT2D eigenvalue weighted by molar-refractivity contribution is 0.0687. The van der Waals surface area contributed by atoms with Crippen LogP contribution in [0.3, 0.4) is 0 Å². The summed E-state index contributed by atoms with van der Waals surface area (Å²) >= 11 is 5.76. The van der Waals surface area contributed by atoms with Gasteiger partial charge in [0.15, 0.2) is 0 Å². The van der Waals surface area contributed by atoms with Crippen LogP contribution in [0.4, 0.5) is 4.39 Å². The molecule has 0 saturated carbocycles. The van der Waals surface area contributed by atoms with Crippen LogP contribution in [0.2, 0.25) is 5.02 Å². The fourth-order valence-electron chi connectivity index (χ4n) is 1.93. The van der Waals surface area contributed by atoms with Crippen molar-refractivity contribution in [3.8, 4) is 22.8 Å². The highest BCUT2D eigenvalue weighted by Gasteiger charge is 2.16. The number of aromatic amines is 1. The summed E-state index contributed by atoms with van der Waals surface area (Å²) in [6, 6.07) is 11.2. The van der Waals surface area contributed by atoms with E-state index in [2.05, 4.69) is 15.4 Å². The molecule has 23 heavy (non-hydrogen) atoms. The Kier molecular flexibility index (Phi) is 3.94. The van der Waals surface area contributed by atoms with E-state index in [0.717, 1.165) is 11.1 Å². The van der Waals surface area contributed by atoms with Crippen LogP contribution in [0.15, 0.2) is 42.5 Å². The average molecular weight is 334 g/mol. The Hall–Kier alpha value is -2.93. The molecule has 0 aliphatic rings. The van der Waals surface area contributed by atoms with E-state index in [4.69, 9.17) is 21.4 Å². The molecule has 3 aromatic rings. The Morgan fingerprint density at radius 2 is 1.87 bits per heavy atom. The third-order valence-electron chi connectivity index (χ3n) is 3.05. The zero-order valence-electron chi connectivity index (χ0n) is 11.5. The molecule has 0 amide bonds. The Labute approximate surface area is 134 Å². The molecule has 2 aromatic carbocycles. The highest BCUT2D eigenvalue weighted by Crippen LogP contribution is 2.28. The highest BCUT2D eigenvalue weighted by molar-refractivity contribution is 6.31. The lowest BCUT2D eigenvalue weighted by Gasteiger charge is -2.06. The summed E-state index contributed by atoms with van der Waals surface area (Å²) in [5.74, 6) is -1.45. The van der Waals surface area contributed by atoms with Gasteiger partial charge in [-0.2, -0.15) is 0 Å². The average Bonchev–Trinajstić information content (AvgIpc) is 2.99. The van der Waals surface area contributed by atoms with E-state index < -0.39 is 11.8 Å². The quantitative estimate of drug-likeness (QED) is 0.759. The molecule has 3 rings (SSSR count). The molecule has 0 bridgehead atoms. The van der Waals surface area contributed by atoms with Crippen LogP contribution in [0.1, 0.15) is 10.5 Å². The number of carbonyl (C=O) groups is 1. The summed E-state index contributed by atoms with van der Waals surface area (Å²) in [4.78, 5) is 10.9. The van der Waals surface area contributed by atoms with Gasteiger partial charge in [0, 0.05) is 0 Å². The Morgan fingerprint density at radius 3 is 2.52 bits per heavy atom. The molecule has 116 valence electrons. The standard InChI is InChI=1S/C15H9ClFN3O3/c16-11-7-9(3-6-12(11)17)8-1-4-10(5-2-8)23-14-13(15(21)22)18-20-19-14/h1-7H,(H,21,22)(H,18,19,20). The Morgan fingerprint density at radius 1 is 1.17 bits per heavy atom. The molecule has 0 aliphatic heterocycles. The van der Waals surface area contributed by atoms with Crippen molar-refractivity contribution >= 4 is 17.6 Å². The lowest BCUT2D eigenvalue weighted by atomic mass is 10.1.